The number of pyridine rings is 1. The van der Waals surface area contributed by atoms with Crippen molar-refractivity contribution >= 4 is 17.7 Å². The molecule has 7 heteroatoms. The Balaban J connectivity index is 1.09. The first-order chi connectivity index (χ1) is 14.7. The molecule has 0 aromatic carbocycles. The summed E-state index contributed by atoms with van der Waals surface area (Å²) in [7, 11) is 0. The number of carbonyl (C=O) groups excluding carboxylic acids is 1. The monoisotopic (exact) mass is 423 g/mol. The van der Waals surface area contributed by atoms with E-state index in [0.717, 1.165) is 53.7 Å². The van der Waals surface area contributed by atoms with Gasteiger partial charge in [-0.25, -0.2) is 0 Å². The number of nitrogens with one attached hydrogen (secondary N) is 1. The molecule has 5 aliphatic carbocycles. The molecule has 1 N–H and O–H groups in total. The maximum Gasteiger partial charge on any atom is 0.230 e. The molecule has 0 atom stereocenters. The highest BCUT2D eigenvalue weighted by atomic mass is 32.2. The number of aromatic nitrogens is 4. The lowest BCUT2D eigenvalue weighted by Crippen LogP contribution is -2.51. The second-order valence-corrected chi connectivity index (χ2v) is 11.1. The molecule has 5 saturated carbocycles. The van der Waals surface area contributed by atoms with Crippen LogP contribution in [0.4, 0.5) is 0 Å². The Morgan fingerprint density at radius 3 is 2.37 bits per heavy atom. The minimum Gasteiger partial charge on any atom is -0.355 e. The quantitative estimate of drug-likeness (QED) is 0.679. The largest absolute Gasteiger partial charge is 0.355 e. The minimum atomic E-state index is 0.131. The summed E-state index contributed by atoms with van der Waals surface area (Å²) in [6.07, 6.45) is 14.2. The van der Waals surface area contributed by atoms with Crippen molar-refractivity contribution in [2.45, 2.75) is 62.6 Å². The molecule has 30 heavy (non-hydrogen) atoms. The zero-order chi connectivity index (χ0) is 20.1. The third kappa shape index (κ3) is 3.55. The maximum atomic E-state index is 12.7. The van der Waals surface area contributed by atoms with Crippen LogP contribution in [0.5, 0.6) is 0 Å². The van der Waals surface area contributed by atoms with E-state index < -0.39 is 0 Å². The van der Waals surface area contributed by atoms with Crippen LogP contribution >= 0.6 is 11.8 Å². The Bertz CT molecular complexity index is 903. The molecular formula is C23H29N5OS. The maximum absolute atomic E-state index is 12.7. The zero-order valence-electron chi connectivity index (χ0n) is 17.3. The van der Waals surface area contributed by atoms with Crippen molar-refractivity contribution < 1.29 is 4.79 Å². The van der Waals surface area contributed by atoms with E-state index in [1.807, 2.05) is 12.1 Å². The van der Waals surface area contributed by atoms with Crippen molar-refractivity contribution in [2.24, 2.45) is 23.2 Å². The molecule has 158 valence electrons. The smallest absolute Gasteiger partial charge is 0.230 e. The van der Waals surface area contributed by atoms with Crippen LogP contribution in [0.1, 0.15) is 57.4 Å². The highest BCUT2D eigenvalue weighted by Gasteiger charge is 2.50. The normalized spacial score (nSPS) is 31.8. The van der Waals surface area contributed by atoms with Crippen molar-refractivity contribution in [3.63, 3.8) is 0 Å². The number of hydrogen-bond donors (Lipinski definition) is 1. The van der Waals surface area contributed by atoms with Gasteiger partial charge in [-0.2, -0.15) is 0 Å². The lowest BCUT2D eigenvalue weighted by molar-refractivity contribution is -0.120. The van der Waals surface area contributed by atoms with E-state index >= 15 is 0 Å². The summed E-state index contributed by atoms with van der Waals surface area (Å²) in [5, 5.41) is 13.0. The average molecular weight is 424 g/mol. The van der Waals surface area contributed by atoms with Gasteiger partial charge in [0, 0.05) is 30.5 Å². The first-order valence-corrected chi connectivity index (χ1v) is 12.4. The predicted octanol–water partition coefficient (Wildman–Crippen LogP) is 4.10. The highest BCUT2D eigenvalue weighted by molar-refractivity contribution is 7.99. The van der Waals surface area contributed by atoms with Crippen LogP contribution in [0.2, 0.25) is 0 Å². The van der Waals surface area contributed by atoms with Gasteiger partial charge in [-0.05, 0) is 86.7 Å². The van der Waals surface area contributed by atoms with E-state index in [-0.39, 0.29) is 5.91 Å². The molecule has 5 aliphatic rings. The topological polar surface area (TPSA) is 72.7 Å². The first kappa shape index (κ1) is 18.8. The predicted molar refractivity (Wildman–Crippen MR) is 116 cm³/mol. The van der Waals surface area contributed by atoms with Gasteiger partial charge in [-0.1, -0.05) is 11.8 Å². The number of amides is 1. The van der Waals surface area contributed by atoms with Gasteiger partial charge in [0.1, 0.15) is 0 Å². The second-order valence-electron chi connectivity index (χ2n) is 10.1. The molecule has 2 aromatic heterocycles. The number of nitrogens with zero attached hydrogens (tertiary/aromatic N) is 4. The SMILES string of the molecule is O=C(CSc1nnc(-c2ccncc2)n1C1CC1)NCC12CC3CC(CC(C3)C1)C2. The van der Waals surface area contributed by atoms with Gasteiger partial charge >= 0.3 is 0 Å². The Hall–Kier alpha value is -1.89. The minimum absolute atomic E-state index is 0.131. The van der Waals surface area contributed by atoms with Crippen LogP contribution in [-0.4, -0.2) is 38.0 Å². The van der Waals surface area contributed by atoms with E-state index in [1.54, 1.807) is 12.4 Å². The summed E-state index contributed by atoms with van der Waals surface area (Å²) >= 11 is 1.52. The Kier molecular flexibility index (Phi) is 4.62. The molecule has 0 spiro atoms. The third-order valence-electron chi connectivity index (χ3n) is 7.67. The van der Waals surface area contributed by atoms with Gasteiger partial charge in [-0.3, -0.25) is 14.3 Å². The summed E-state index contributed by atoms with van der Waals surface area (Å²) in [5.74, 6) is 4.19. The standard InChI is InChI=1S/C23H29N5OS/c29-20(25-14-23-10-15-7-16(11-23)9-17(8-15)12-23)13-30-22-27-26-21(28(22)19-1-2-19)18-3-5-24-6-4-18/h3-6,15-17,19H,1-2,7-14H2,(H,25,29). The second kappa shape index (κ2) is 7.36. The fraction of sp³-hybridized carbons (Fsp3) is 0.652. The third-order valence-corrected chi connectivity index (χ3v) is 8.62. The van der Waals surface area contributed by atoms with E-state index in [9.17, 15) is 4.79 Å². The molecule has 7 rings (SSSR count). The van der Waals surface area contributed by atoms with Crippen LogP contribution < -0.4 is 5.32 Å². The number of rotatable bonds is 7. The van der Waals surface area contributed by atoms with E-state index in [1.165, 1.54) is 50.3 Å². The molecule has 1 amide bonds. The Morgan fingerprint density at radius 1 is 1.07 bits per heavy atom. The van der Waals surface area contributed by atoms with Crippen LogP contribution in [0, 0.1) is 23.2 Å². The van der Waals surface area contributed by atoms with Crippen LogP contribution in [-0.2, 0) is 4.79 Å². The van der Waals surface area contributed by atoms with Crippen molar-refractivity contribution in [1.82, 2.24) is 25.1 Å². The van der Waals surface area contributed by atoms with Crippen LogP contribution in [0.3, 0.4) is 0 Å². The first-order valence-electron chi connectivity index (χ1n) is 11.4. The fourth-order valence-corrected chi connectivity index (χ4v) is 7.54. The summed E-state index contributed by atoms with van der Waals surface area (Å²) < 4.78 is 2.21. The lowest BCUT2D eigenvalue weighted by atomic mass is 9.49. The Morgan fingerprint density at radius 2 is 1.73 bits per heavy atom. The molecular weight excluding hydrogens is 394 g/mol. The Labute approximate surface area is 181 Å². The molecule has 2 aromatic rings. The number of thioether (sulfide) groups is 1. The van der Waals surface area contributed by atoms with E-state index in [0.29, 0.717) is 17.2 Å². The van der Waals surface area contributed by atoms with Gasteiger partial charge in [-0.15, -0.1) is 10.2 Å². The number of hydrogen-bond acceptors (Lipinski definition) is 5. The average Bonchev–Trinajstić information content (AvgIpc) is 3.49. The number of carbonyl (C=O) groups is 1. The molecule has 6 nitrogen and oxygen atoms in total. The van der Waals surface area contributed by atoms with E-state index in [4.69, 9.17) is 0 Å². The van der Waals surface area contributed by atoms with Crippen molar-refractivity contribution in [2.75, 3.05) is 12.3 Å². The molecule has 4 bridgehead atoms. The fourth-order valence-electron chi connectivity index (χ4n) is 6.71. The molecule has 0 saturated heterocycles. The van der Waals surface area contributed by atoms with Crippen molar-refractivity contribution in [3.8, 4) is 11.4 Å². The van der Waals surface area contributed by atoms with Crippen molar-refractivity contribution in [3.05, 3.63) is 24.5 Å². The van der Waals surface area contributed by atoms with Gasteiger partial charge in [0.15, 0.2) is 11.0 Å². The van der Waals surface area contributed by atoms with Crippen LogP contribution in [0.25, 0.3) is 11.4 Å². The molecule has 0 unspecified atom stereocenters. The molecule has 0 aliphatic heterocycles. The lowest BCUT2D eigenvalue weighted by Gasteiger charge is -2.56. The molecule has 5 fully saturated rings. The summed E-state index contributed by atoms with van der Waals surface area (Å²) in [4.78, 5) is 16.8. The highest BCUT2D eigenvalue weighted by Crippen LogP contribution is 2.59. The summed E-state index contributed by atoms with van der Waals surface area (Å²) in [6.45, 7) is 0.869. The molecule has 0 radical (unpaired) electrons. The van der Waals surface area contributed by atoms with Gasteiger partial charge in [0.05, 0.1) is 5.75 Å². The van der Waals surface area contributed by atoms with Crippen molar-refractivity contribution in [1.29, 1.82) is 0 Å². The summed E-state index contributed by atoms with van der Waals surface area (Å²) in [6, 6.07) is 4.39. The van der Waals surface area contributed by atoms with Crippen LogP contribution in [0.15, 0.2) is 29.7 Å². The van der Waals surface area contributed by atoms with Gasteiger partial charge < -0.3 is 5.32 Å². The zero-order valence-corrected chi connectivity index (χ0v) is 18.1. The molecule has 2 heterocycles. The van der Waals surface area contributed by atoms with Gasteiger partial charge in [0.2, 0.25) is 5.91 Å². The van der Waals surface area contributed by atoms with Gasteiger partial charge in [0.25, 0.3) is 0 Å². The summed E-state index contributed by atoms with van der Waals surface area (Å²) in [5.41, 5.74) is 1.42. The van der Waals surface area contributed by atoms with E-state index in [2.05, 4.69) is 25.1 Å².